The molecule has 3 rings (SSSR count). The standard InChI is InChI=1S/C13H8Cl3N3S/c14-8-2-1-7(5-10(8)16)6-17-12-9(15)3-4-11-13(12)19-20-18-11/h1-5,17H,6H2. The predicted molar refractivity (Wildman–Crippen MR) is 86.2 cm³/mol. The van der Waals surface area contributed by atoms with Gasteiger partial charge in [0, 0.05) is 6.54 Å². The third-order valence-electron chi connectivity index (χ3n) is 2.83. The molecule has 0 atom stereocenters. The lowest BCUT2D eigenvalue weighted by atomic mass is 10.2. The van der Waals surface area contributed by atoms with Gasteiger partial charge in [-0.25, -0.2) is 0 Å². The van der Waals surface area contributed by atoms with Gasteiger partial charge < -0.3 is 5.32 Å². The van der Waals surface area contributed by atoms with Crippen LogP contribution in [0.1, 0.15) is 5.56 Å². The fraction of sp³-hybridized carbons (Fsp3) is 0.0769. The molecular weight excluding hydrogens is 337 g/mol. The first-order valence-electron chi connectivity index (χ1n) is 5.74. The highest BCUT2D eigenvalue weighted by atomic mass is 35.5. The van der Waals surface area contributed by atoms with E-state index in [1.165, 1.54) is 0 Å². The Balaban J connectivity index is 1.88. The SMILES string of the molecule is Clc1ccc(CNc2c(Cl)ccc3nsnc23)cc1Cl. The monoisotopic (exact) mass is 343 g/mol. The second-order valence-corrected chi connectivity index (χ2v) is 5.91. The van der Waals surface area contributed by atoms with Gasteiger partial charge in [-0.3, -0.25) is 0 Å². The molecule has 0 saturated heterocycles. The van der Waals surface area contributed by atoms with Crippen LogP contribution in [-0.2, 0) is 6.54 Å². The number of rotatable bonds is 3. The number of aromatic nitrogens is 2. The Morgan fingerprint density at radius 1 is 0.950 bits per heavy atom. The summed E-state index contributed by atoms with van der Waals surface area (Å²) in [6.45, 7) is 0.577. The normalized spacial score (nSPS) is 10.9. The van der Waals surface area contributed by atoms with Crippen molar-refractivity contribution < 1.29 is 0 Å². The van der Waals surface area contributed by atoms with E-state index in [4.69, 9.17) is 34.8 Å². The van der Waals surface area contributed by atoms with E-state index in [-0.39, 0.29) is 0 Å². The zero-order valence-corrected chi connectivity index (χ0v) is 13.1. The molecule has 0 fully saturated rings. The van der Waals surface area contributed by atoms with Crippen LogP contribution in [0.15, 0.2) is 30.3 Å². The minimum absolute atomic E-state index is 0.533. The van der Waals surface area contributed by atoms with Gasteiger partial charge >= 0.3 is 0 Å². The van der Waals surface area contributed by atoms with E-state index in [9.17, 15) is 0 Å². The lowest BCUT2D eigenvalue weighted by Crippen LogP contribution is -2.00. The molecular formula is C13H8Cl3N3S. The summed E-state index contributed by atoms with van der Waals surface area (Å²) in [5, 5.41) is 4.97. The minimum Gasteiger partial charge on any atom is -0.378 e. The molecule has 0 radical (unpaired) electrons. The number of benzene rings is 2. The molecule has 3 aromatic rings. The number of fused-ring (bicyclic) bond motifs is 1. The van der Waals surface area contributed by atoms with Crippen molar-refractivity contribution in [2.24, 2.45) is 0 Å². The molecule has 0 unspecified atom stereocenters. The van der Waals surface area contributed by atoms with Crippen molar-refractivity contribution >= 4 is 63.3 Å². The summed E-state index contributed by atoms with van der Waals surface area (Å²) in [7, 11) is 0. The molecule has 1 heterocycles. The fourth-order valence-corrected chi connectivity index (χ4v) is 2.92. The van der Waals surface area contributed by atoms with Crippen molar-refractivity contribution in [3.63, 3.8) is 0 Å². The molecule has 0 spiro atoms. The number of nitrogens with zero attached hydrogens (tertiary/aromatic N) is 2. The molecule has 0 aliphatic carbocycles. The molecule has 1 N–H and O–H groups in total. The highest BCUT2D eigenvalue weighted by molar-refractivity contribution is 7.00. The number of anilines is 1. The number of nitrogens with one attached hydrogen (secondary N) is 1. The van der Waals surface area contributed by atoms with Crippen LogP contribution < -0.4 is 5.32 Å². The van der Waals surface area contributed by atoms with Crippen LogP contribution in [0.3, 0.4) is 0 Å². The molecule has 0 bridgehead atoms. The number of halogens is 3. The smallest absolute Gasteiger partial charge is 0.129 e. The van der Waals surface area contributed by atoms with E-state index in [1.807, 2.05) is 24.3 Å². The van der Waals surface area contributed by atoms with Gasteiger partial charge in [-0.15, -0.1) is 0 Å². The maximum absolute atomic E-state index is 6.21. The van der Waals surface area contributed by atoms with Gasteiger partial charge in [-0.1, -0.05) is 40.9 Å². The van der Waals surface area contributed by atoms with Crippen LogP contribution in [-0.4, -0.2) is 8.75 Å². The van der Waals surface area contributed by atoms with Gasteiger partial charge in [0.15, 0.2) is 0 Å². The van der Waals surface area contributed by atoms with Gasteiger partial charge in [-0.05, 0) is 29.8 Å². The number of hydrogen-bond acceptors (Lipinski definition) is 4. The highest BCUT2D eigenvalue weighted by Gasteiger charge is 2.09. The molecule has 20 heavy (non-hydrogen) atoms. The van der Waals surface area contributed by atoms with Crippen molar-refractivity contribution in [1.82, 2.24) is 8.75 Å². The van der Waals surface area contributed by atoms with Crippen LogP contribution in [0.25, 0.3) is 11.0 Å². The van der Waals surface area contributed by atoms with Crippen molar-refractivity contribution in [3.8, 4) is 0 Å². The zero-order valence-electron chi connectivity index (χ0n) is 10.0. The van der Waals surface area contributed by atoms with Crippen molar-refractivity contribution in [1.29, 1.82) is 0 Å². The average molecular weight is 345 g/mol. The van der Waals surface area contributed by atoms with E-state index >= 15 is 0 Å². The van der Waals surface area contributed by atoms with Gasteiger partial charge in [0.05, 0.1) is 32.5 Å². The first-order chi connectivity index (χ1) is 9.65. The van der Waals surface area contributed by atoms with Gasteiger partial charge in [0.2, 0.25) is 0 Å². The summed E-state index contributed by atoms with van der Waals surface area (Å²) in [6, 6.07) is 9.17. The quantitative estimate of drug-likeness (QED) is 0.704. The Labute approximate surface area is 134 Å². The topological polar surface area (TPSA) is 37.8 Å². The van der Waals surface area contributed by atoms with Crippen LogP contribution >= 0.6 is 46.5 Å². The molecule has 102 valence electrons. The van der Waals surface area contributed by atoms with Crippen LogP contribution in [0.5, 0.6) is 0 Å². The molecule has 0 saturated carbocycles. The molecule has 0 aliphatic rings. The van der Waals surface area contributed by atoms with E-state index < -0.39 is 0 Å². The Kier molecular flexibility index (Phi) is 3.98. The molecule has 3 nitrogen and oxygen atoms in total. The van der Waals surface area contributed by atoms with E-state index in [2.05, 4.69) is 14.1 Å². The third kappa shape index (κ3) is 2.69. The fourth-order valence-electron chi connectivity index (χ4n) is 1.84. The summed E-state index contributed by atoms with van der Waals surface area (Å²) < 4.78 is 8.45. The Hall–Kier alpha value is -1.07. The van der Waals surface area contributed by atoms with Crippen molar-refractivity contribution in [3.05, 3.63) is 51.0 Å². The molecule has 2 aromatic carbocycles. The molecule has 0 aliphatic heterocycles. The maximum atomic E-state index is 6.21. The first kappa shape index (κ1) is 13.9. The molecule has 1 aromatic heterocycles. The lowest BCUT2D eigenvalue weighted by molar-refractivity contribution is 1.15. The van der Waals surface area contributed by atoms with Gasteiger partial charge in [0.1, 0.15) is 11.0 Å². The predicted octanol–water partition coefficient (Wildman–Crippen LogP) is 5.26. The van der Waals surface area contributed by atoms with Crippen LogP contribution in [0.2, 0.25) is 15.1 Å². The minimum atomic E-state index is 0.533. The van der Waals surface area contributed by atoms with Gasteiger partial charge in [-0.2, -0.15) is 8.75 Å². The van der Waals surface area contributed by atoms with Gasteiger partial charge in [0.25, 0.3) is 0 Å². The summed E-state index contributed by atoms with van der Waals surface area (Å²) in [5.41, 5.74) is 3.40. The Bertz CT molecular complexity index is 773. The Morgan fingerprint density at radius 3 is 2.55 bits per heavy atom. The number of hydrogen-bond donors (Lipinski definition) is 1. The first-order valence-corrected chi connectivity index (χ1v) is 7.60. The zero-order chi connectivity index (χ0) is 14.1. The lowest BCUT2D eigenvalue weighted by Gasteiger charge is -2.09. The Morgan fingerprint density at radius 2 is 1.75 bits per heavy atom. The summed E-state index contributed by atoms with van der Waals surface area (Å²) in [5.74, 6) is 0. The largest absolute Gasteiger partial charge is 0.378 e. The second kappa shape index (κ2) is 5.74. The summed E-state index contributed by atoms with van der Waals surface area (Å²) in [6.07, 6.45) is 0. The molecule has 0 amide bonds. The molecule has 7 heteroatoms. The van der Waals surface area contributed by atoms with Crippen molar-refractivity contribution in [2.75, 3.05) is 5.32 Å². The van der Waals surface area contributed by atoms with E-state index in [0.717, 1.165) is 34.0 Å². The summed E-state index contributed by atoms with van der Waals surface area (Å²) >= 11 is 19.3. The van der Waals surface area contributed by atoms with Crippen molar-refractivity contribution in [2.45, 2.75) is 6.54 Å². The maximum Gasteiger partial charge on any atom is 0.129 e. The van der Waals surface area contributed by atoms with E-state index in [1.54, 1.807) is 6.07 Å². The average Bonchev–Trinajstić information content (AvgIpc) is 2.90. The van der Waals surface area contributed by atoms with E-state index in [0.29, 0.717) is 21.6 Å². The summed E-state index contributed by atoms with van der Waals surface area (Å²) in [4.78, 5) is 0. The second-order valence-electron chi connectivity index (χ2n) is 4.16. The highest BCUT2D eigenvalue weighted by Crippen LogP contribution is 2.30. The third-order valence-corrected chi connectivity index (χ3v) is 4.43. The van der Waals surface area contributed by atoms with Crippen LogP contribution in [0, 0.1) is 0 Å². The van der Waals surface area contributed by atoms with Crippen LogP contribution in [0.4, 0.5) is 5.69 Å².